The molecule has 0 saturated carbocycles. The van der Waals surface area contributed by atoms with E-state index in [1.54, 1.807) is 30.3 Å². The van der Waals surface area contributed by atoms with Gasteiger partial charge in [0.15, 0.2) is 0 Å². The molecule has 2 amide bonds. The molecule has 162 valence electrons. The van der Waals surface area contributed by atoms with Crippen LogP contribution in [0.2, 0.25) is 5.02 Å². The highest BCUT2D eigenvalue weighted by atomic mass is 35.5. The number of hydrogen-bond acceptors (Lipinski definition) is 4. The molecule has 0 fully saturated rings. The van der Waals surface area contributed by atoms with Gasteiger partial charge in [0.2, 0.25) is 11.8 Å². The number of amides is 2. The fourth-order valence-electron chi connectivity index (χ4n) is 2.62. The zero-order valence-corrected chi connectivity index (χ0v) is 18.5. The minimum Gasteiger partial charge on any atom is -0.494 e. The Morgan fingerprint density at radius 2 is 1.67 bits per heavy atom. The molecule has 2 aromatic rings. The van der Waals surface area contributed by atoms with Crippen LogP contribution in [0.4, 0.5) is 17.1 Å². The van der Waals surface area contributed by atoms with Gasteiger partial charge in [-0.2, -0.15) is 0 Å². The molecular weight excluding hydrogens is 402 g/mol. The minimum absolute atomic E-state index is 0.0404. The average Bonchev–Trinajstić information content (AvgIpc) is 2.69. The van der Waals surface area contributed by atoms with Crippen LogP contribution in [0.1, 0.15) is 40.0 Å². The molecule has 0 aromatic heterocycles. The molecule has 7 heteroatoms. The molecular formula is C23H30ClN3O3. The van der Waals surface area contributed by atoms with Gasteiger partial charge in [-0.05, 0) is 61.2 Å². The third-order valence-corrected chi connectivity index (χ3v) is 4.60. The maximum absolute atomic E-state index is 12.3. The van der Waals surface area contributed by atoms with E-state index < -0.39 is 0 Å². The lowest BCUT2D eigenvalue weighted by atomic mass is 10.1. The molecule has 2 rings (SSSR count). The molecule has 0 atom stereocenters. The fraction of sp³-hybridized carbons (Fsp3) is 0.391. The van der Waals surface area contributed by atoms with E-state index in [1.165, 1.54) is 0 Å². The summed E-state index contributed by atoms with van der Waals surface area (Å²) in [5.74, 6) is 1.11. The van der Waals surface area contributed by atoms with Crippen molar-refractivity contribution in [3.05, 3.63) is 47.5 Å². The van der Waals surface area contributed by atoms with Crippen LogP contribution in [0.5, 0.6) is 5.75 Å². The Balaban J connectivity index is 1.84. The van der Waals surface area contributed by atoms with E-state index in [0.29, 0.717) is 41.0 Å². The minimum atomic E-state index is -0.208. The van der Waals surface area contributed by atoms with E-state index >= 15 is 0 Å². The Morgan fingerprint density at radius 1 is 1.00 bits per heavy atom. The second kappa shape index (κ2) is 12.1. The molecule has 0 bridgehead atoms. The third-order valence-electron chi connectivity index (χ3n) is 4.27. The summed E-state index contributed by atoms with van der Waals surface area (Å²) in [5, 5.41) is 9.12. The molecule has 6 nitrogen and oxygen atoms in total. The van der Waals surface area contributed by atoms with E-state index in [9.17, 15) is 9.59 Å². The Labute approximate surface area is 183 Å². The first kappa shape index (κ1) is 23.5. The maximum atomic E-state index is 12.3. The lowest BCUT2D eigenvalue weighted by Gasteiger charge is -2.12. The van der Waals surface area contributed by atoms with Crippen LogP contribution in [0.25, 0.3) is 0 Å². The molecule has 0 spiro atoms. The second-order valence-corrected chi connectivity index (χ2v) is 7.86. The number of nitrogens with one attached hydrogen (secondary N) is 3. The van der Waals surface area contributed by atoms with E-state index in [2.05, 4.69) is 29.8 Å². The standard InChI is InChI=1S/C23H30ClN3O3/c1-4-5-22(28)27-18-8-11-20(24)21(14-18)25-15-23(29)26-17-6-9-19(10-7-17)30-13-12-16(2)3/h6-11,14,16,25H,4-5,12-13,15H2,1-3H3,(H,26,29)(H,27,28). The van der Waals surface area contributed by atoms with Gasteiger partial charge in [0.05, 0.1) is 23.9 Å². The molecule has 0 aliphatic rings. The van der Waals surface area contributed by atoms with Crippen molar-refractivity contribution >= 4 is 40.5 Å². The number of halogens is 1. The molecule has 0 saturated heterocycles. The van der Waals surface area contributed by atoms with Gasteiger partial charge in [0, 0.05) is 17.8 Å². The summed E-state index contributed by atoms with van der Waals surface area (Å²) in [7, 11) is 0. The summed E-state index contributed by atoms with van der Waals surface area (Å²) in [6.45, 7) is 6.97. The fourth-order valence-corrected chi connectivity index (χ4v) is 2.80. The molecule has 2 aromatic carbocycles. The molecule has 0 heterocycles. The van der Waals surface area contributed by atoms with Crippen molar-refractivity contribution in [1.82, 2.24) is 0 Å². The van der Waals surface area contributed by atoms with Crippen LogP contribution < -0.4 is 20.7 Å². The number of anilines is 3. The van der Waals surface area contributed by atoms with E-state index in [4.69, 9.17) is 16.3 Å². The summed E-state index contributed by atoms with van der Waals surface area (Å²) in [6.07, 6.45) is 2.22. The zero-order chi connectivity index (χ0) is 21.9. The monoisotopic (exact) mass is 431 g/mol. The highest BCUT2D eigenvalue weighted by Crippen LogP contribution is 2.25. The zero-order valence-electron chi connectivity index (χ0n) is 17.8. The normalized spacial score (nSPS) is 10.6. The van der Waals surface area contributed by atoms with Crippen LogP contribution in [0.15, 0.2) is 42.5 Å². The largest absolute Gasteiger partial charge is 0.494 e. The summed E-state index contributed by atoms with van der Waals surface area (Å²) < 4.78 is 5.68. The van der Waals surface area contributed by atoms with Gasteiger partial charge in [-0.3, -0.25) is 9.59 Å². The van der Waals surface area contributed by atoms with Gasteiger partial charge in [0.25, 0.3) is 0 Å². The van der Waals surface area contributed by atoms with Gasteiger partial charge in [-0.15, -0.1) is 0 Å². The first-order valence-corrected chi connectivity index (χ1v) is 10.6. The third kappa shape index (κ3) is 8.33. The Hall–Kier alpha value is -2.73. The number of ether oxygens (including phenoxy) is 1. The van der Waals surface area contributed by atoms with Gasteiger partial charge < -0.3 is 20.7 Å². The first-order valence-electron chi connectivity index (χ1n) is 10.2. The summed E-state index contributed by atoms with van der Waals surface area (Å²) in [5.41, 5.74) is 1.90. The van der Waals surface area contributed by atoms with Gasteiger partial charge in [-0.25, -0.2) is 0 Å². The number of carbonyl (C=O) groups is 2. The van der Waals surface area contributed by atoms with Crippen molar-refractivity contribution in [2.45, 2.75) is 40.0 Å². The Bertz CT molecular complexity index is 838. The van der Waals surface area contributed by atoms with Crippen molar-refractivity contribution in [2.75, 3.05) is 29.1 Å². The quantitative estimate of drug-likeness (QED) is 0.435. The number of carbonyl (C=O) groups excluding carboxylic acids is 2. The number of hydrogen-bond donors (Lipinski definition) is 3. The van der Waals surface area contributed by atoms with Crippen molar-refractivity contribution in [1.29, 1.82) is 0 Å². The molecule has 0 unspecified atom stereocenters. The van der Waals surface area contributed by atoms with Crippen LogP contribution >= 0.6 is 11.6 Å². The Morgan fingerprint density at radius 3 is 2.33 bits per heavy atom. The number of benzene rings is 2. The van der Waals surface area contributed by atoms with Crippen molar-refractivity contribution in [3.8, 4) is 5.75 Å². The van der Waals surface area contributed by atoms with Gasteiger partial charge in [0.1, 0.15) is 5.75 Å². The molecule has 0 aliphatic carbocycles. The first-order chi connectivity index (χ1) is 14.4. The highest BCUT2D eigenvalue weighted by Gasteiger charge is 2.08. The summed E-state index contributed by atoms with van der Waals surface area (Å²) in [4.78, 5) is 24.0. The smallest absolute Gasteiger partial charge is 0.243 e. The van der Waals surface area contributed by atoms with Crippen LogP contribution in [-0.2, 0) is 9.59 Å². The maximum Gasteiger partial charge on any atom is 0.243 e. The van der Waals surface area contributed by atoms with Gasteiger partial charge >= 0.3 is 0 Å². The lowest BCUT2D eigenvalue weighted by Crippen LogP contribution is -2.22. The van der Waals surface area contributed by atoms with E-state index in [0.717, 1.165) is 18.6 Å². The summed E-state index contributed by atoms with van der Waals surface area (Å²) in [6, 6.07) is 12.4. The average molecular weight is 432 g/mol. The molecule has 0 radical (unpaired) electrons. The predicted molar refractivity (Wildman–Crippen MR) is 124 cm³/mol. The highest BCUT2D eigenvalue weighted by molar-refractivity contribution is 6.33. The van der Waals surface area contributed by atoms with Crippen LogP contribution in [0.3, 0.4) is 0 Å². The lowest BCUT2D eigenvalue weighted by molar-refractivity contribution is -0.116. The predicted octanol–water partition coefficient (Wildman–Crippen LogP) is 5.55. The van der Waals surface area contributed by atoms with E-state index in [1.807, 2.05) is 19.1 Å². The van der Waals surface area contributed by atoms with Crippen molar-refractivity contribution < 1.29 is 14.3 Å². The molecule has 30 heavy (non-hydrogen) atoms. The summed E-state index contributed by atoms with van der Waals surface area (Å²) >= 11 is 6.20. The van der Waals surface area contributed by atoms with Crippen LogP contribution in [-0.4, -0.2) is 25.0 Å². The number of rotatable bonds is 11. The Kier molecular flexibility index (Phi) is 9.48. The second-order valence-electron chi connectivity index (χ2n) is 7.45. The molecule has 0 aliphatic heterocycles. The van der Waals surface area contributed by atoms with Crippen molar-refractivity contribution in [2.24, 2.45) is 5.92 Å². The SMILES string of the molecule is CCCC(=O)Nc1ccc(Cl)c(NCC(=O)Nc2ccc(OCCC(C)C)cc2)c1. The van der Waals surface area contributed by atoms with Crippen LogP contribution in [0, 0.1) is 5.92 Å². The topological polar surface area (TPSA) is 79.5 Å². The molecule has 3 N–H and O–H groups in total. The van der Waals surface area contributed by atoms with Gasteiger partial charge in [-0.1, -0.05) is 32.4 Å². The van der Waals surface area contributed by atoms with Crippen molar-refractivity contribution in [3.63, 3.8) is 0 Å². The van der Waals surface area contributed by atoms with E-state index in [-0.39, 0.29) is 18.4 Å².